The molecule has 14 heavy (non-hydrogen) atoms. The highest BCUT2D eigenvalue weighted by Gasteiger charge is 2.21. The van der Waals surface area contributed by atoms with Crippen molar-refractivity contribution in [2.75, 3.05) is 0 Å². The molecule has 0 aromatic heterocycles. The van der Waals surface area contributed by atoms with Crippen LogP contribution in [0.25, 0.3) is 0 Å². The van der Waals surface area contributed by atoms with Crippen LogP contribution in [0, 0.1) is 5.92 Å². The Bertz CT molecular complexity index is 222. The number of rotatable bonds is 4. The predicted molar refractivity (Wildman–Crippen MR) is 53.4 cm³/mol. The molecule has 1 atom stereocenters. The van der Waals surface area contributed by atoms with E-state index >= 15 is 0 Å². The van der Waals surface area contributed by atoms with Gasteiger partial charge in [-0.15, -0.1) is 0 Å². The van der Waals surface area contributed by atoms with Crippen LogP contribution in [-0.4, -0.2) is 17.9 Å². The molecule has 0 saturated heterocycles. The fraction of sp³-hybridized carbons (Fsp3) is 0.800. The third-order valence-electron chi connectivity index (χ3n) is 2.66. The molecule has 1 rings (SSSR count). The van der Waals surface area contributed by atoms with E-state index in [9.17, 15) is 9.59 Å². The van der Waals surface area contributed by atoms with Gasteiger partial charge in [0.1, 0.15) is 0 Å². The van der Waals surface area contributed by atoms with E-state index in [2.05, 4.69) is 5.32 Å². The van der Waals surface area contributed by atoms with Gasteiger partial charge in [0.2, 0.25) is 11.8 Å². The molecule has 0 aliphatic heterocycles. The van der Waals surface area contributed by atoms with Crippen LogP contribution in [0.2, 0.25) is 0 Å². The highest BCUT2D eigenvalue weighted by molar-refractivity contribution is 5.84. The Labute approximate surface area is 84.2 Å². The van der Waals surface area contributed by atoms with Crippen molar-refractivity contribution in [1.29, 1.82) is 0 Å². The number of amides is 2. The minimum atomic E-state index is -0.418. The molecule has 2 amide bonds. The van der Waals surface area contributed by atoms with Crippen LogP contribution >= 0.6 is 0 Å². The number of nitrogens with one attached hydrogen (secondary N) is 1. The number of hydrogen-bond acceptors (Lipinski definition) is 2. The summed E-state index contributed by atoms with van der Waals surface area (Å²) in [4.78, 5) is 22.1. The summed E-state index contributed by atoms with van der Waals surface area (Å²) < 4.78 is 0. The van der Waals surface area contributed by atoms with Crippen molar-refractivity contribution in [3.8, 4) is 0 Å². The summed E-state index contributed by atoms with van der Waals surface area (Å²) in [7, 11) is 0. The molecule has 1 saturated carbocycles. The van der Waals surface area contributed by atoms with Gasteiger partial charge in [0.25, 0.3) is 0 Å². The van der Waals surface area contributed by atoms with Gasteiger partial charge in [-0.1, -0.05) is 19.8 Å². The second-order valence-corrected chi connectivity index (χ2v) is 4.06. The molecule has 0 heterocycles. The van der Waals surface area contributed by atoms with Gasteiger partial charge in [-0.25, -0.2) is 0 Å². The smallest absolute Gasteiger partial charge is 0.223 e. The van der Waals surface area contributed by atoms with Gasteiger partial charge >= 0.3 is 0 Å². The Balaban J connectivity index is 2.29. The van der Waals surface area contributed by atoms with Gasteiger partial charge in [0, 0.05) is 18.4 Å². The first-order valence-electron chi connectivity index (χ1n) is 5.18. The van der Waals surface area contributed by atoms with E-state index in [0.29, 0.717) is 6.04 Å². The van der Waals surface area contributed by atoms with Crippen molar-refractivity contribution in [3.63, 3.8) is 0 Å². The predicted octanol–water partition coefficient (Wildman–Crippen LogP) is 0.557. The standard InChI is InChI=1S/C10H18N2O2/c1-7(6-9(11)13)10(14)12-8-4-2-3-5-8/h7-8H,2-6H2,1H3,(H2,11,13)(H,12,14). The van der Waals surface area contributed by atoms with Crippen molar-refractivity contribution >= 4 is 11.8 Å². The van der Waals surface area contributed by atoms with Crippen molar-refractivity contribution in [1.82, 2.24) is 5.32 Å². The van der Waals surface area contributed by atoms with Crippen molar-refractivity contribution in [3.05, 3.63) is 0 Å². The first-order chi connectivity index (χ1) is 6.59. The zero-order chi connectivity index (χ0) is 10.6. The van der Waals surface area contributed by atoms with Gasteiger partial charge in [0.15, 0.2) is 0 Å². The first kappa shape index (κ1) is 11.0. The lowest BCUT2D eigenvalue weighted by atomic mass is 10.1. The van der Waals surface area contributed by atoms with Gasteiger partial charge in [-0.05, 0) is 12.8 Å². The third kappa shape index (κ3) is 3.36. The van der Waals surface area contributed by atoms with Crippen LogP contribution in [-0.2, 0) is 9.59 Å². The summed E-state index contributed by atoms with van der Waals surface area (Å²) in [5, 5.41) is 2.94. The molecular weight excluding hydrogens is 180 g/mol. The molecule has 0 radical (unpaired) electrons. The maximum absolute atomic E-state index is 11.5. The van der Waals surface area contributed by atoms with E-state index in [1.165, 1.54) is 12.8 Å². The van der Waals surface area contributed by atoms with Crippen LogP contribution in [0.1, 0.15) is 39.0 Å². The topological polar surface area (TPSA) is 72.2 Å². The van der Waals surface area contributed by atoms with Gasteiger partial charge in [-0.2, -0.15) is 0 Å². The van der Waals surface area contributed by atoms with E-state index in [-0.39, 0.29) is 18.2 Å². The quantitative estimate of drug-likeness (QED) is 0.692. The molecule has 0 aromatic rings. The molecule has 3 N–H and O–H groups in total. The van der Waals surface area contributed by atoms with Crippen LogP contribution in [0.15, 0.2) is 0 Å². The number of carbonyl (C=O) groups excluding carboxylic acids is 2. The Hall–Kier alpha value is -1.06. The zero-order valence-corrected chi connectivity index (χ0v) is 8.58. The normalized spacial score (nSPS) is 19.2. The molecule has 0 aromatic carbocycles. The van der Waals surface area contributed by atoms with E-state index in [1.54, 1.807) is 6.92 Å². The minimum Gasteiger partial charge on any atom is -0.370 e. The number of hydrogen-bond donors (Lipinski definition) is 2. The average Bonchev–Trinajstić information content (AvgIpc) is 2.55. The maximum atomic E-state index is 11.5. The highest BCUT2D eigenvalue weighted by atomic mass is 16.2. The summed E-state index contributed by atoms with van der Waals surface area (Å²) in [6.07, 6.45) is 4.65. The molecule has 4 heteroatoms. The molecule has 1 unspecified atom stereocenters. The van der Waals surface area contributed by atoms with E-state index in [1.807, 2.05) is 0 Å². The second kappa shape index (κ2) is 4.98. The fourth-order valence-corrected chi connectivity index (χ4v) is 1.81. The van der Waals surface area contributed by atoms with E-state index in [4.69, 9.17) is 5.73 Å². The van der Waals surface area contributed by atoms with E-state index < -0.39 is 5.91 Å². The molecule has 0 bridgehead atoms. The lowest BCUT2D eigenvalue weighted by Gasteiger charge is -2.15. The Morgan fingerprint density at radius 1 is 1.43 bits per heavy atom. The number of primary amides is 1. The molecule has 1 fully saturated rings. The summed E-state index contributed by atoms with van der Waals surface area (Å²) in [5.41, 5.74) is 5.02. The zero-order valence-electron chi connectivity index (χ0n) is 8.58. The van der Waals surface area contributed by atoms with Gasteiger partial charge < -0.3 is 11.1 Å². The van der Waals surface area contributed by atoms with Gasteiger partial charge in [0.05, 0.1) is 0 Å². The minimum absolute atomic E-state index is 0.0456. The SMILES string of the molecule is CC(CC(N)=O)C(=O)NC1CCCC1. The maximum Gasteiger partial charge on any atom is 0.223 e. The van der Waals surface area contributed by atoms with Crippen molar-refractivity contribution in [2.45, 2.75) is 45.1 Å². The Morgan fingerprint density at radius 2 is 2.00 bits per heavy atom. The summed E-state index contributed by atoms with van der Waals surface area (Å²) >= 11 is 0. The lowest BCUT2D eigenvalue weighted by molar-refractivity contribution is -0.129. The third-order valence-corrected chi connectivity index (χ3v) is 2.66. The lowest BCUT2D eigenvalue weighted by Crippen LogP contribution is -2.37. The van der Waals surface area contributed by atoms with Crippen molar-refractivity contribution in [2.24, 2.45) is 11.7 Å². The second-order valence-electron chi connectivity index (χ2n) is 4.06. The van der Waals surface area contributed by atoms with Crippen LogP contribution in [0.4, 0.5) is 0 Å². The number of nitrogens with two attached hydrogens (primary N) is 1. The molecule has 80 valence electrons. The molecule has 0 spiro atoms. The Morgan fingerprint density at radius 3 is 2.50 bits per heavy atom. The first-order valence-corrected chi connectivity index (χ1v) is 5.18. The molecular formula is C10H18N2O2. The largest absolute Gasteiger partial charge is 0.370 e. The van der Waals surface area contributed by atoms with Crippen LogP contribution in [0.5, 0.6) is 0 Å². The van der Waals surface area contributed by atoms with Crippen molar-refractivity contribution < 1.29 is 9.59 Å². The highest BCUT2D eigenvalue weighted by Crippen LogP contribution is 2.18. The summed E-state index contributed by atoms with van der Waals surface area (Å²) in [6, 6.07) is 0.317. The Kier molecular flexibility index (Phi) is 3.92. The van der Waals surface area contributed by atoms with Crippen LogP contribution < -0.4 is 11.1 Å². The molecule has 1 aliphatic carbocycles. The van der Waals surface area contributed by atoms with E-state index in [0.717, 1.165) is 12.8 Å². The monoisotopic (exact) mass is 198 g/mol. The summed E-state index contributed by atoms with van der Waals surface area (Å²) in [5.74, 6) is -0.761. The average molecular weight is 198 g/mol. The fourth-order valence-electron chi connectivity index (χ4n) is 1.81. The van der Waals surface area contributed by atoms with Crippen LogP contribution in [0.3, 0.4) is 0 Å². The number of carbonyl (C=O) groups is 2. The van der Waals surface area contributed by atoms with Gasteiger partial charge in [-0.3, -0.25) is 9.59 Å². The molecule has 1 aliphatic rings. The summed E-state index contributed by atoms with van der Waals surface area (Å²) in [6.45, 7) is 1.73. The molecule has 4 nitrogen and oxygen atoms in total.